The maximum Gasteiger partial charge on any atom is 0.248 e. The molecule has 2 aromatic carbocycles. The second-order valence-electron chi connectivity index (χ2n) is 4.79. The lowest BCUT2D eigenvalue weighted by Gasteiger charge is -2.09. The molecule has 24 heavy (non-hydrogen) atoms. The average Bonchev–Trinajstić information content (AvgIpc) is 2.52. The van der Waals surface area contributed by atoms with E-state index in [0.717, 1.165) is 0 Å². The summed E-state index contributed by atoms with van der Waals surface area (Å²) < 4.78 is 41.0. The number of ether oxygens (including phenoxy) is 1. The van der Waals surface area contributed by atoms with Gasteiger partial charge >= 0.3 is 0 Å². The summed E-state index contributed by atoms with van der Waals surface area (Å²) in [4.78, 5) is 11.6. The molecular formula is C16H15FN2O4S. The fraction of sp³-hybridized carbons (Fsp3) is 0.0625. The maximum absolute atomic E-state index is 13.1. The van der Waals surface area contributed by atoms with E-state index in [1.54, 1.807) is 6.07 Å². The van der Waals surface area contributed by atoms with E-state index in [0.29, 0.717) is 5.56 Å². The van der Waals surface area contributed by atoms with Gasteiger partial charge in [-0.25, -0.2) is 17.9 Å². The van der Waals surface area contributed by atoms with Gasteiger partial charge in [-0.1, -0.05) is 12.1 Å². The lowest BCUT2D eigenvalue weighted by molar-refractivity contribution is -0.111. The van der Waals surface area contributed by atoms with Gasteiger partial charge in [-0.2, -0.15) is 0 Å². The molecular weight excluding hydrogens is 335 g/mol. The molecule has 8 heteroatoms. The van der Waals surface area contributed by atoms with Crippen LogP contribution in [0.1, 0.15) is 5.56 Å². The molecule has 2 rings (SSSR count). The molecule has 0 bridgehead atoms. The van der Waals surface area contributed by atoms with Crippen molar-refractivity contribution in [3.8, 4) is 5.75 Å². The topological polar surface area (TPSA) is 98.5 Å². The summed E-state index contributed by atoms with van der Waals surface area (Å²) >= 11 is 0. The number of methoxy groups -OCH3 is 1. The molecule has 0 aliphatic rings. The molecule has 0 saturated carbocycles. The predicted molar refractivity (Wildman–Crippen MR) is 88.4 cm³/mol. The molecule has 0 radical (unpaired) electrons. The highest BCUT2D eigenvalue weighted by atomic mass is 32.2. The van der Waals surface area contributed by atoms with Crippen LogP contribution < -0.4 is 15.2 Å². The Kier molecular flexibility index (Phi) is 5.32. The number of hydrogen-bond acceptors (Lipinski definition) is 4. The van der Waals surface area contributed by atoms with E-state index in [-0.39, 0.29) is 16.3 Å². The first-order valence-corrected chi connectivity index (χ1v) is 8.30. The Morgan fingerprint density at radius 3 is 2.62 bits per heavy atom. The summed E-state index contributed by atoms with van der Waals surface area (Å²) in [5.41, 5.74) is 0.749. The number of carbonyl (C=O) groups excluding carboxylic acids is 1. The van der Waals surface area contributed by atoms with Crippen LogP contribution in [0.2, 0.25) is 0 Å². The van der Waals surface area contributed by atoms with E-state index in [1.165, 1.54) is 55.7 Å². The van der Waals surface area contributed by atoms with Crippen molar-refractivity contribution in [3.05, 3.63) is 59.9 Å². The number of sulfonamides is 1. The first-order chi connectivity index (χ1) is 11.3. The Hall–Kier alpha value is -2.71. The summed E-state index contributed by atoms with van der Waals surface area (Å²) in [5, 5.41) is 7.61. The van der Waals surface area contributed by atoms with Crippen LogP contribution >= 0.6 is 0 Å². The third kappa shape index (κ3) is 4.64. The molecule has 6 nitrogen and oxygen atoms in total. The second-order valence-corrected chi connectivity index (χ2v) is 6.32. The standard InChI is InChI=1S/C16H15FN2O4S/c1-23-14-7-6-13(10-15(14)24(18,21)22)19-16(20)8-5-11-3-2-4-12(17)9-11/h2-10H,1H3,(H,19,20)(H2,18,21,22)/b8-5+. The molecule has 0 aliphatic carbocycles. The van der Waals surface area contributed by atoms with Crippen molar-refractivity contribution in [3.63, 3.8) is 0 Å². The Labute approximate surface area is 138 Å². The molecule has 0 aliphatic heterocycles. The summed E-state index contributed by atoms with van der Waals surface area (Å²) in [5.74, 6) is -0.846. The number of halogens is 1. The molecule has 2 aromatic rings. The zero-order valence-corrected chi connectivity index (χ0v) is 13.5. The van der Waals surface area contributed by atoms with E-state index in [1.807, 2.05) is 0 Å². The van der Waals surface area contributed by atoms with E-state index < -0.39 is 21.7 Å². The summed E-state index contributed by atoms with van der Waals surface area (Å²) in [6.45, 7) is 0. The van der Waals surface area contributed by atoms with Crippen molar-refractivity contribution < 1.29 is 22.3 Å². The first kappa shape index (κ1) is 17.6. The zero-order valence-electron chi connectivity index (χ0n) is 12.7. The molecule has 0 atom stereocenters. The van der Waals surface area contributed by atoms with Gasteiger partial charge in [-0.05, 0) is 42.0 Å². The molecule has 126 valence electrons. The molecule has 0 heterocycles. The number of nitrogens with two attached hydrogens (primary N) is 1. The van der Waals surface area contributed by atoms with Gasteiger partial charge in [0, 0.05) is 11.8 Å². The molecule has 0 unspecified atom stereocenters. The first-order valence-electron chi connectivity index (χ1n) is 6.75. The van der Waals surface area contributed by atoms with Crippen molar-refractivity contribution in [1.29, 1.82) is 0 Å². The van der Waals surface area contributed by atoms with Crippen LogP contribution in [0.25, 0.3) is 6.08 Å². The summed E-state index contributed by atoms with van der Waals surface area (Å²) in [7, 11) is -2.69. The maximum atomic E-state index is 13.1. The van der Waals surface area contributed by atoms with Crippen LogP contribution in [-0.4, -0.2) is 21.4 Å². The third-order valence-electron chi connectivity index (χ3n) is 3.01. The minimum atomic E-state index is -4.00. The molecule has 0 aromatic heterocycles. The average molecular weight is 350 g/mol. The lowest BCUT2D eigenvalue weighted by atomic mass is 10.2. The quantitative estimate of drug-likeness (QED) is 0.807. The van der Waals surface area contributed by atoms with Gasteiger partial charge in [0.15, 0.2) is 0 Å². The van der Waals surface area contributed by atoms with Crippen molar-refractivity contribution in [2.75, 3.05) is 12.4 Å². The predicted octanol–water partition coefficient (Wildman–Crippen LogP) is 2.13. The van der Waals surface area contributed by atoms with Crippen molar-refractivity contribution in [2.45, 2.75) is 4.90 Å². The van der Waals surface area contributed by atoms with Gasteiger partial charge in [0.1, 0.15) is 16.5 Å². The molecule has 1 amide bonds. The van der Waals surface area contributed by atoms with E-state index in [9.17, 15) is 17.6 Å². The van der Waals surface area contributed by atoms with E-state index >= 15 is 0 Å². The van der Waals surface area contributed by atoms with Crippen molar-refractivity contribution in [2.24, 2.45) is 5.14 Å². The number of rotatable bonds is 5. The number of carbonyl (C=O) groups is 1. The highest BCUT2D eigenvalue weighted by molar-refractivity contribution is 7.89. The SMILES string of the molecule is COc1ccc(NC(=O)/C=C/c2cccc(F)c2)cc1S(N)(=O)=O. The largest absolute Gasteiger partial charge is 0.495 e. The van der Waals surface area contributed by atoms with Crippen LogP contribution in [-0.2, 0) is 14.8 Å². The van der Waals surface area contributed by atoms with Gasteiger partial charge in [-0.15, -0.1) is 0 Å². The number of benzene rings is 2. The van der Waals surface area contributed by atoms with Gasteiger partial charge in [-0.3, -0.25) is 4.79 Å². The Balaban J connectivity index is 2.17. The number of nitrogens with one attached hydrogen (secondary N) is 1. The normalized spacial score (nSPS) is 11.5. The smallest absolute Gasteiger partial charge is 0.248 e. The van der Waals surface area contributed by atoms with E-state index in [4.69, 9.17) is 9.88 Å². The zero-order chi connectivity index (χ0) is 17.7. The molecule has 0 saturated heterocycles. The molecule has 0 fully saturated rings. The lowest BCUT2D eigenvalue weighted by Crippen LogP contribution is -2.15. The number of amides is 1. The number of anilines is 1. The van der Waals surface area contributed by atoms with Gasteiger partial charge in [0.05, 0.1) is 7.11 Å². The van der Waals surface area contributed by atoms with E-state index in [2.05, 4.69) is 5.32 Å². The van der Waals surface area contributed by atoms with Crippen LogP contribution in [0.4, 0.5) is 10.1 Å². The summed E-state index contributed by atoms with van der Waals surface area (Å²) in [6.07, 6.45) is 2.64. The van der Waals surface area contributed by atoms with Gasteiger partial charge in [0.25, 0.3) is 0 Å². The van der Waals surface area contributed by atoms with Crippen LogP contribution in [0.5, 0.6) is 5.75 Å². The second kappa shape index (κ2) is 7.24. The third-order valence-corrected chi connectivity index (χ3v) is 3.95. The Morgan fingerprint density at radius 2 is 2.00 bits per heavy atom. The fourth-order valence-corrected chi connectivity index (χ4v) is 2.67. The van der Waals surface area contributed by atoms with Crippen LogP contribution in [0.15, 0.2) is 53.4 Å². The minimum absolute atomic E-state index is 0.0748. The van der Waals surface area contributed by atoms with Crippen LogP contribution in [0.3, 0.4) is 0 Å². The monoisotopic (exact) mass is 350 g/mol. The minimum Gasteiger partial charge on any atom is -0.495 e. The van der Waals surface area contributed by atoms with Crippen molar-refractivity contribution in [1.82, 2.24) is 0 Å². The number of hydrogen-bond donors (Lipinski definition) is 2. The van der Waals surface area contributed by atoms with Gasteiger partial charge < -0.3 is 10.1 Å². The highest BCUT2D eigenvalue weighted by Crippen LogP contribution is 2.26. The molecule has 3 N–H and O–H groups in total. The van der Waals surface area contributed by atoms with Gasteiger partial charge in [0.2, 0.25) is 15.9 Å². The Bertz CT molecular complexity index is 895. The number of primary sulfonamides is 1. The molecule has 0 spiro atoms. The highest BCUT2D eigenvalue weighted by Gasteiger charge is 2.16. The van der Waals surface area contributed by atoms with Crippen molar-refractivity contribution >= 4 is 27.7 Å². The van der Waals surface area contributed by atoms with Crippen LogP contribution in [0, 0.1) is 5.82 Å². The Morgan fingerprint density at radius 1 is 1.25 bits per heavy atom. The summed E-state index contributed by atoms with van der Waals surface area (Å²) in [6, 6.07) is 9.78. The fourth-order valence-electron chi connectivity index (χ4n) is 1.94.